The van der Waals surface area contributed by atoms with E-state index in [0.29, 0.717) is 30.3 Å². The van der Waals surface area contributed by atoms with Crippen molar-refractivity contribution in [1.82, 2.24) is 10.2 Å². The summed E-state index contributed by atoms with van der Waals surface area (Å²) in [5.41, 5.74) is -7.72. The van der Waals surface area contributed by atoms with Gasteiger partial charge in [0.05, 0.1) is 22.3 Å². The summed E-state index contributed by atoms with van der Waals surface area (Å²) in [6, 6.07) is 4.72. The minimum atomic E-state index is -6.04. The van der Waals surface area contributed by atoms with Crippen LogP contribution in [0.5, 0.6) is 0 Å². The third kappa shape index (κ3) is 8.40. The molecule has 0 bridgehead atoms. The minimum absolute atomic E-state index is 0.152. The molecule has 2 aromatic rings. The number of rotatable bonds is 15. The van der Waals surface area contributed by atoms with Crippen molar-refractivity contribution in [3.05, 3.63) is 82.1 Å². The molecule has 19 heteroatoms. The zero-order valence-corrected chi connectivity index (χ0v) is 34.9. The third-order valence-electron chi connectivity index (χ3n) is 9.26. The van der Waals surface area contributed by atoms with Gasteiger partial charge in [-0.25, -0.2) is 0 Å². The predicted octanol–water partition coefficient (Wildman–Crippen LogP) is 8.34. The molecule has 4 amide bonds. The highest BCUT2D eigenvalue weighted by Crippen LogP contribution is 2.57. The van der Waals surface area contributed by atoms with Gasteiger partial charge in [0.15, 0.2) is 16.6 Å². The fourth-order valence-electron chi connectivity index (χ4n) is 7.30. The van der Waals surface area contributed by atoms with E-state index in [2.05, 4.69) is 26.6 Å². The van der Waals surface area contributed by atoms with E-state index < -0.39 is 97.4 Å². The fourth-order valence-corrected chi connectivity index (χ4v) is 25.7. The van der Waals surface area contributed by atoms with E-state index in [4.69, 9.17) is 12.3 Å². The van der Waals surface area contributed by atoms with Crippen LogP contribution in [0, 0.1) is 0 Å². The largest absolute Gasteiger partial charge is 0.436 e. The topological polar surface area (TPSA) is 111 Å². The second-order valence-electron chi connectivity index (χ2n) is 15.1. The molecule has 2 aromatic carbocycles. The number of hydrogen-bond donors (Lipinski definition) is 1. The van der Waals surface area contributed by atoms with Crippen LogP contribution >= 0.6 is 0 Å². The maximum absolute atomic E-state index is 14.9. The molecule has 0 saturated carbocycles. The highest BCUT2D eigenvalue weighted by molar-refractivity contribution is 6.91. The Balaban J connectivity index is 1.56. The van der Waals surface area contributed by atoms with E-state index in [1.54, 1.807) is 5.70 Å². The number of carbonyl (C=O) groups is 4. The van der Waals surface area contributed by atoms with Crippen molar-refractivity contribution in [2.24, 2.45) is 0 Å². The van der Waals surface area contributed by atoms with Crippen LogP contribution in [0.1, 0.15) is 72.3 Å². The molecule has 1 atom stereocenters. The van der Waals surface area contributed by atoms with Gasteiger partial charge in [-0.05, 0) is 99.7 Å². The minimum Gasteiger partial charge on any atom is -0.436 e. The second-order valence-corrected chi connectivity index (χ2v) is 30.8. The van der Waals surface area contributed by atoms with Gasteiger partial charge in [0.1, 0.15) is 0 Å². The average Bonchev–Trinajstić information content (AvgIpc) is 3.40. The predicted molar refractivity (Wildman–Crippen MR) is 195 cm³/mol. The van der Waals surface area contributed by atoms with E-state index in [1.165, 1.54) is 0 Å². The summed E-state index contributed by atoms with van der Waals surface area (Å²) in [5.74, 6) is -4.00. The Bertz CT molecular complexity index is 1820. The molecule has 53 heavy (non-hydrogen) atoms. The Labute approximate surface area is 308 Å². The quantitative estimate of drug-likeness (QED) is 0.109. The Kier molecular flexibility index (Phi) is 11.6. The molecule has 2 aliphatic rings. The van der Waals surface area contributed by atoms with Crippen LogP contribution in [0.2, 0.25) is 57.9 Å². The van der Waals surface area contributed by atoms with Gasteiger partial charge >= 0.3 is 29.5 Å². The van der Waals surface area contributed by atoms with Crippen molar-refractivity contribution < 1.29 is 57.9 Å². The molecule has 2 aliphatic heterocycles. The van der Waals surface area contributed by atoms with E-state index in [0.717, 1.165) is 29.5 Å². The third-order valence-corrected chi connectivity index (χ3v) is 24.9. The van der Waals surface area contributed by atoms with Crippen molar-refractivity contribution in [1.29, 1.82) is 0 Å². The summed E-state index contributed by atoms with van der Waals surface area (Å²) < 4.78 is 109. The van der Waals surface area contributed by atoms with E-state index in [1.807, 2.05) is 38.1 Å². The summed E-state index contributed by atoms with van der Waals surface area (Å²) in [4.78, 5) is 51.8. The number of alkyl halides is 6. The van der Waals surface area contributed by atoms with Gasteiger partial charge < -0.3 is 12.3 Å². The van der Waals surface area contributed by atoms with Crippen molar-refractivity contribution >= 4 is 57.4 Å². The summed E-state index contributed by atoms with van der Waals surface area (Å²) in [5, 5.41) is 1.84. The average molecular weight is 819 g/mol. The lowest BCUT2D eigenvalue weighted by Crippen LogP contribution is -2.57. The van der Waals surface area contributed by atoms with Crippen LogP contribution in [-0.4, -0.2) is 81.2 Å². The maximum Gasteiger partial charge on any atom is 0.411 e. The normalized spacial score (nSPS) is 16.8. The Hall–Kier alpha value is -3.21. The molecule has 0 fully saturated rings. The fraction of sp³-hybridized carbons (Fsp3) is 0.471. The number of hydrogen-bond acceptors (Lipinski definition) is 7. The van der Waals surface area contributed by atoms with Crippen LogP contribution in [0.3, 0.4) is 0 Å². The molecule has 0 saturated heterocycles. The number of nitrogens with zero attached hydrogens (tertiary/aromatic N) is 1. The van der Waals surface area contributed by atoms with Gasteiger partial charge in [-0.3, -0.25) is 29.4 Å². The Morgan fingerprint density at radius 2 is 1.19 bits per heavy atom. The molecule has 2 heterocycles. The Morgan fingerprint density at radius 1 is 0.698 bits per heavy atom. The molecule has 9 nitrogen and oxygen atoms in total. The zero-order chi connectivity index (χ0) is 40.2. The van der Waals surface area contributed by atoms with Gasteiger partial charge in [-0.15, -0.1) is 6.58 Å². The smallest absolute Gasteiger partial charge is 0.411 e. The molecular formula is C34H44F6N2O7Si4. The highest BCUT2D eigenvalue weighted by atomic mass is 28.5. The van der Waals surface area contributed by atoms with E-state index in [-0.39, 0.29) is 24.1 Å². The summed E-state index contributed by atoms with van der Waals surface area (Å²) >= 11 is 0. The van der Waals surface area contributed by atoms with Gasteiger partial charge in [0, 0.05) is 6.54 Å². The number of halogens is 6. The molecule has 0 spiro atoms. The second kappa shape index (κ2) is 14.5. The first-order chi connectivity index (χ1) is 24.1. The number of nitrogens with one attached hydrogen (secondary N) is 1. The summed E-state index contributed by atoms with van der Waals surface area (Å²) in [6.45, 7) is 19.8. The number of amides is 4. The van der Waals surface area contributed by atoms with Crippen LogP contribution in [0.4, 0.5) is 26.3 Å². The van der Waals surface area contributed by atoms with Crippen molar-refractivity contribution in [3.8, 4) is 0 Å². The van der Waals surface area contributed by atoms with Crippen molar-refractivity contribution in [3.63, 3.8) is 0 Å². The van der Waals surface area contributed by atoms with Crippen LogP contribution < -0.4 is 5.32 Å². The number of benzene rings is 2. The number of imide groups is 2. The molecule has 0 aliphatic carbocycles. The first-order valence-electron chi connectivity index (χ1n) is 17.0. The van der Waals surface area contributed by atoms with Gasteiger partial charge in [0.25, 0.3) is 23.6 Å². The van der Waals surface area contributed by atoms with Crippen molar-refractivity contribution in [2.75, 3.05) is 6.54 Å². The standard InChI is InChI=1S/C34H44F6N2O7Si4/c1-10-18-50(3,4)48-53(9,11-2)49-52(7,8)47-51(5,6)19-12-17-42-30(45)25-16-14-23(21-27(25)31(42)46)32(33(35,36)37,34(38,39)40)22-13-15-24-26(20-22)29(44)41-28(24)43/h11,13-16,20-21H,2,10,12,17-19H2,1,3-9H3,(H,41,43,44). The molecular weight excluding hydrogens is 775 g/mol. The summed E-state index contributed by atoms with van der Waals surface area (Å²) in [7, 11) is -10.1. The molecule has 1 unspecified atom stereocenters. The van der Waals surface area contributed by atoms with Crippen LogP contribution in [0.25, 0.3) is 0 Å². The van der Waals surface area contributed by atoms with Crippen LogP contribution in [0.15, 0.2) is 48.7 Å². The first kappa shape index (κ1) is 42.5. The van der Waals surface area contributed by atoms with Crippen molar-refractivity contribution in [2.45, 2.75) is 95.5 Å². The number of fused-ring (bicyclic) bond motifs is 2. The molecule has 0 aromatic heterocycles. The van der Waals surface area contributed by atoms with Gasteiger partial charge in [-0.1, -0.05) is 31.2 Å². The van der Waals surface area contributed by atoms with Gasteiger partial charge in [-0.2, -0.15) is 26.3 Å². The Morgan fingerprint density at radius 3 is 1.72 bits per heavy atom. The number of carbonyl (C=O) groups excluding carboxylic acids is 4. The highest BCUT2D eigenvalue weighted by Gasteiger charge is 2.73. The maximum atomic E-state index is 14.9. The first-order valence-corrected chi connectivity index (χ1v) is 28.5. The van der Waals surface area contributed by atoms with E-state index in [9.17, 15) is 45.5 Å². The monoisotopic (exact) mass is 818 g/mol. The molecule has 290 valence electrons. The lowest BCUT2D eigenvalue weighted by molar-refractivity contribution is -0.288. The van der Waals surface area contributed by atoms with E-state index >= 15 is 0 Å². The molecule has 0 radical (unpaired) electrons. The summed E-state index contributed by atoms with van der Waals surface area (Å²) in [6.07, 6.45) is -10.8. The molecule has 4 rings (SSSR count). The molecule has 1 N–H and O–H groups in total. The zero-order valence-electron chi connectivity index (χ0n) is 30.9. The lowest BCUT2D eigenvalue weighted by atomic mass is 9.71. The van der Waals surface area contributed by atoms with Gasteiger partial charge in [0.2, 0.25) is 5.41 Å². The van der Waals surface area contributed by atoms with Crippen LogP contribution in [-0.2, 0) is 17.8 Å². The SMILES string of the molecule is C=C[Si](C)(O[Si](C)(C)CCC)O[Si](C)(C)O[Si](C)(C)CCCN1C(=O)c2ccc(C(c3ccc4c(c3)C(=O)NC4=O)(C(F)(F)F)C(F)(F)F)cc2C1=O. The lowest BCUT2D eigenvalue weighted by Gasteiger charge is -2.41.